The van der Waals surface area contributed by atoms with Crippen LogP contribution in [0.15, 0.2) is 6.07 Å². The van der Waals surface area contributed by atoms with Gasteiger partial charge in [0.25, 0.3) is 5.91 Å². The van der Waals surface area contributed by atoms with Crippen LogP contribution in [0.1, 0.15) is 39.9 Å². The topological polar surface area (TPSA) is 69.4 Å². The highest BCUT2D eigenvalue weighted by Crippen LogP contribution is 2.30. The molecule has 4 nitrogen and oxygen atoms in total. The van der Waals surface area contributed by atoms with Gasteiger partial charge in [-0.3, -0.25) is 4.79 Å². The van der Waals surface area contributed by atoms with Crippen LogP contribution in [0.2, 0.25) is 0 Å². The average Bonchev–Trinajstić information content (AvgIpc) is 2.72. The van der Waals surface area contributed by atoms with Crippen molar-refractivity contribution in [2.75, 3.05) is 0 Å². The number of hydrogen-bond acceptors (Lipinski definition) is 4. The third-order valence-electron chi connectivity index (χ3n) is 2.88. The van der Waals surface area contributed by atoms with Crippen molar-refractivity contribution in [3.05, 3.63) is 21.4 Å². The minimum Gasteiger partial charge on any atom is -0.448 e. The predicted molar refractivity (Wildman–Crippen MR) is 65.0 cm³/mol. The molecule has 1 atom stereocenters. The summed E-state index contributed by atoms with van der Waals surface area (Å²) in [5.74, 6) is -1.07. The molecule has 1 aliphatic rings. The molecule has 17 heavy (non-hydrogen) atoms. The summed E-state index contributed by atoms with van der Waals surface area (Å²) in [5, 5.41) is 0. The Morgan fingerprint density at radius 3 is 2.76 bits per heavy atom. The SMILES string of the molecule is C[C@H](OC(=O)c1cc2c(s1)CCCC2)C(N)=O. The van der Waals surface area contributed by atoms with Gasteiger partial charge in [-0.05, 0) is 44.2 Å². The average molecular weight is 253 g/mol. The number of nitrogens with two attached hydrogens (primary N) is 1. The largest absolute Gasteiger partial charge is 0.448 e. The number of carbonyl (C=O) groups is 2. The second-order valence-corrected chi connectivity index (χ2v) is 5.35. The van der Waals surface area contributed by atoms with E-state index in [2.05, 4.69) is 0 Å². The second kappa shape index (κ2) is 4.87. The Balaban J connectivity index is 2.09. The lowest BCUT2D eigenvalue weighted by Gasteiger charge is -2.08. The lowest BCUT2D eigenvalue weighted by molar-refractivity contribution is -0.125. The molecule has 0 radical (unpaired) electrons. The molecule has 2 N–H and O–H groups in total. The molecular weight excluding hydrogens is 238 g/mol. The lowest BCUT2D eigenvalue weighted by atomic mass is 9.99. The first-order chi connectivity index (χ1) is 8.08. The number of esters is 1. The number of hydrogen-bond donors (Lipinski definition) is 1. The zero-order chi connectivity index (χ0) is 12.4. The van der Waals surface area contributed by atoms with Crippen molar-refractivity contribution < 1.29 is 14.3 Å². The maximum absolute atomic E-state index is 11.8. The summed E-state index contributed by atoms with van der Waals surface area (Å²) in [6.45, 7) is 1.48. The molecule has 0 aromatic carbocycles. The highest BCUT2D eigenvalue weighted by atomic mass is 32.1. The van der Waals surface area contributed by atoms with Crippen LogP contribution in [0, 0.1) is 0 Å². The summed E-state index contributed by atoms with van der Waals surface area (Å²) < 4.78 is 4.97. The number of fused-ring (bicyclic) bond motifs is 1. The molecule has 1 amide bonds. The maximum atomic E-state index is 11.8. The Morgan fingerprint density at radius 1 is 1.41 bits per heavy atom. The van der Waals surface area contributed by atoms with Gasteiger partial charge in [-0.15, -0.1) is 11.3 Å². The van der Waals surface area contributed by atoms with Crippen LogP contribution >= 0.6 is 11.3 Å². The van der Waals surface area contributed by atoms with E-state index >= 15 is 0 Å². The van der Waals surface area contributed by atoms with Gasteiger partial charge in [0.1, 0.15) is 4.88 Å². The van der Waals surface area contributed by atoms with E-state index in [0.717, 1.165) is 12.8 Å². The number of aryl methyl sites for hydroxylation is 2. The van der Waals surface area contributed by atoms with Gasteiger partial charge < -0.3 is 10.5 Å². The van der Waals surface area contributed by atoms with E-state index in [1.54, 1.807) is 0 Å². The van der Waals surface area contributed by atoms with Crippen molar-refractivity contribution >= 4 is 23.2 Å². The van der Waals surface area contributed by atoms with E-state index in [1.165, 1.54) is 41.5 Å². The summed E-state index contributed by atoms with van der Waals surface area (Å²) in [5.41, 5.74) is 6.30. The Bertz CT molecular complexity index is 429. The van der Waals surface area contributed by atoms with Crippen LogP contribution in [0.25, 0.3) is 0 Å². The first-order valence-electron chi connectivity index (χ1n) is 5.70. The monoisotopic (exact) mass is 253 g/mol. The van der Waals surface area contributed by atoms with Gasteiger partial charge in [-0.2, -0.15) is 0 Å². The van der Waals surface area contributed by atoms with Gasteiger partial charge in [-0.1, -0.05) is 0 Å². The van der Waals surface area contributed by atoms with Crippen molar-refractivity contribution in [3.8, 4) is 0 Å². The summed E-state index contributed by atoms with van der Waals surface area (Å²) >= 11 is 1.47. The molecule has 0 bridgehead atoms. The lowest BCUT2D eigenvalue weighted by Crippen LogP contribution is -2.30. The van der Waals surface area contributed by atoms with E-state index in [4.69, 9.17) is 10.5 Å². The van der Waals surface area contributed by atoms with Gasteiger partial charge in [0.15, 0.2) is 6.10 Å². The van der Waals surface area contributed by atoms with Gasteiger partial charge in [-0.25, -0.2) is 4.79 Å². The molecule has 5 heteroatoms. The molecule has 0 fully saturated rings. The van der Waals surface area contributed by atoms with E-state index in [1.807, 2.05) is 6.07 Å². The van der Waals surface area contributed by atoms with Crippen LogP contribution in [-0.2, 0) is 22.4 Å². The van der Waals surface area contributed by atoms with Crippen molar-refractivity contribution in [3.63, 3.8) is 0 Å². The van der Waals surface area contributed by atoms with Crippen LogP contribution in [0.5, 0.6) is 0 Å². The molecule has 0 saturated heterocycles. The zero-order valence-electron chi connectivity index (χ0n) is 9.69. The standard InChI is InChI=1S/C12H15NO3S/c1-7(11(13)14)16-12(15)10-6-8-4-2-3-5-9(8)17-10/h6-7H,2-5H2,1H3,(H2,13,14)/t7-/m0/s1. The fourth-order valence-corrected chi connectivity index (χ4v) is 3.00. The quantitative estimate of drug-likeness (QED) is 0.833. The number of thiophene rings is 1. The van der Waals surface area contributed by atoms with Crippen molar-refractivity contribution in [2.45, 2.75) is 38.7 Å². The molecule has 1 heterocycles. The predicted octanol–water partition coefficient (Wildman–Crippen LogP) is 1.66. The minimum atomic E-state index is -0.873. The summed E-state index contributed by atoms with van der Waals surface area (Å²) in [7, 11) is 0. The normalized spacial score (nSPS) is 16.1. The molecule has 0 unspecified atom stereocenters. The van der Waals surface area contributed by atoms with Crippen molar-refractivity contribution in [1.82, 2.24) is 0 Å². The summed E-state index contributed by atoms with van der Waals surface area (Å²) in [6.07, 6.45) is 3.56. The number of rotatable bonds is 3. The van der Waals surface area contributed by atoms with Gasteiger partial charge in [0.2, 0.25) is 0 Å². The maximum Gasteiger partial charge on any atom is 0.349 e. The fourth-order valence-electron chi connectivity index (χ4n) is 1.87. The van der Waals surface area contributed by atoms with Gasteiger partial charge >= 0.3 is 5.97 Å². The van der Waals surface area contributed by atoms with Crippen LogP contribution < -0.4 is 5.73 Å². The molecule has 92 valence electrons. The summed E-state index contributed by atoms with van der Waals surface area (Å²) in [6, 6.07) is 1.88. The zero-order valence-corrected chi connectivity index (χ0v) is 10.5. The van der Waals surface area contributed by atoms with E-state index < -0.39 is 18.0 Å². The fraction of sp³-hybridized carbons (Fsp3) is 0.500. The van der Waals surface area contributed by atoms with Crippen LogP contribution in [0.3, 0.4) is 0 Å². The van der Waals surface area contributed by atoms with Crippen molar-refractivity contribution in [2.24, 2.45) is 5.73 Å². The number of amides is 1. The Kier molecular flexibility index (Phi) is 3.47. The minimum absolute atomic E-state index is 0.448. The molecule has 2 rings (SSSR count). The summed E-state index contributed by atoms with van der Waals surface area (Å²) in [4.78, 5) is 24.4. The van der Waals surface area contributed by atoms with E-state index in [-0.39, 0.29) is 0 Å². The number of primary amides is 1. The number of ether oxygens (including phenoxy) is 1. The van der Waals surface area contributed by atoms with Crippen LogP contribution in [0.4, 0.5) is 0 Å². The molecule has 1 aliphatic carbocycles. The van der Waals surface area contributed by atoms with Crippen molar-refractivity contribution in [1.29, 1.82) is 0 Å². The Morgan fingerprint density at radius 2 is 2.12 bits per heavy atom. The molecule has 0 spiro atoms. The van der Waals surface area contributed by atoms with Crippen LogP contribution in [-0.4, -0.2) is 18.0 Å². The van der Waals surface area contributed by atoms with E-state index in [9.17, 15) is 9.59 Å². The smallest absolute Gasteiger partial charge is 0.349 e. The highest BCUT2D eigenvalue weighted by Gasteiger charge is 2.21. The third-order valence-corrected chi connectivity index (χ3v) is 4.10. The molecular formula is C12H15NO3S. The molecule has 0 saturated carbocycles. The van der Waals surface area contributed by atoms with Gasteiger partial charge in [0, 0.05) is 4.88 Å². The Hall–Kier alpha value is -1.36. The molecule has 1 aromatic rings. The first kappa shape index (κ1) is 12.1. The highest BCUT2D eigenvalue weighted by molar-refractivity contribution is 7.14. The third kappa shape index (κ3) is 2.66. The molecule has 1 aromatic heterocycles. The first-order valence-corrected chi connectivity index (χ1v) is 6.51. The van der Waals surface area contributed by atoms with Gasteiger partial charge in [0.05, 0.1) is 0 Å². The second-order valence-electron chi connectivity index (χ2n) is 4.22. The molecule has 0 aliphatic heterocycles. The Labute approximate surface area is 104 Å². The number of carbonyl (C=O) groups excluding carboxylic acids is 2. The van der Waals surface area contributed by atoms with E-state index in [0.29, 0.717) is 4.88 Å².